The molecule has 7 heteroatoms. The van der Waals surface area contributed by atoms with Crippen molar-refractivity contribution >= 4 is 41.5 Å². The topological polar surface area (TPSA) is 52.7 Å². The summed E-state index contributed by atoms with van der Waals surface area (Å²) in [7, 11) is 2.69. The second-order valence-corrected chi connectivity index (χ2v) is 8.39. The van der Waals surface area contributed by atoms with E-state index < -0.39 is 0 Å². The first-order valence-corrected chi connectivity index (χ1v) is 11.7. The maximum atomic E-state index is 13.6. The van der Waals surface area contributed by atoms with Crippen LogP contribution in [-0.4, -0.2) is 19.3 Å². The highest BCUT2D eigenvalue weighted by molar-refractivity contribution is 9.10. The van der Waals surface area contributed by atoms with Gasteiger partial charge in [0.2, 0.25) is 0 Å². The van der Waals surface area contributed by atoms with E-state index in [1.165, 1.54) is 0 Å². The Morgan fingerprint density at radius 3 is 2.28 bits per heavy atom. The summed E-state index contributed by atoms with van der Waals surface area (Å²) in [6.45, 7) is 4.00. The van der Waals surface area contributed by atoms with Crippen molar-refractivity contribution in [1.29, 1.82) is 0 Å². The summed E-state index contributed by atoms with van der Waals surface area (Å²) < 4.78 is 4.29. The number of para-hydroxylation sites is 1. The fourth-order valence-electron chi connectivity index (χ4n) is 3.43. The van der Waals surface area contributed by atoms with Crippen molar-refractivity contribution in [2.75, 3.05) is 0 Å². The zero-order chi connectivity index (χ0) is 22.7. The Labute approximate surface area is 197 Å². The summed E-state index contributed by atoms with van der Waals surface area (Å²) in [5, 5.41) is 5.94. The molecule has 0 saturated carbocycles. The van der Waals surface area contributed by atoms with Crippen LogP contribution in [0.3, 0.4) is 0 Å². The van der Waals surface area contributed by atoms with Gasteiger partial charge in [-0.1, -0.05) is 66.2 Å². The second kappa shape index (κ2) is 9.60. The first-order chi connectivity index (χ1) is 15.6. The predicted octanol–water partition coefficient (Wildman–Crippen LogP) is 5.53. The summed E-state index contributed by atoms with van der Waals surface area (Å²) in [6, 6.07) is 25.2. The Balaban J connectivity index is 0.00000119. The van der Waals surface area contributed by atoms with Crippen LogP contribution in [-0.2, 0) is 0 Å². The van der Waals surface area contributed by atoms with Crippen molar-refractivity contribution in [3.63, 3.8) is 0 Å². The van der Waals surface area contributed by atoms with Gasteiger partial charge < -0.3 is 0 Å². The third kappa shape index (κ3) is 4.16. The van der Waals surface area contributed by atoms with E-state index in [9.17, 15) is 4.79 Å². The monoisotopic (exact) mass is 504 g/mol. The van der Waals surface area contributed by atoms with E-state index in [2.05, 4.69) is 30.3 Å². The van der Waals surface area contributed by atoms with E-state index in [0.717, 1.165) is 26.7 Å². The zero-order valence-corrected chi connectivity index (χ0v) is 20.5. The van der Waals surface area contributed by atoms with Gasteiger partial charge in [0, 0.05) is 10.0 Å². The van der Waals surface area contributed by atoms with Crippen LogP contribution in [0.15, 0.2) is 94.3 Å². The molecule has 2 aromatic heterocycles. The number of nitrogens with zero attached hydrogens (tertiary/aromatic N) is 4. The fraction of sp³-hybridized carbons (Fsp3) is 0.0800. The zero-order valence-electron chi connectivity index (χ0n) is 17.7. The van der Waals surface area contributed by atoms with E-state index in [4.69, 9.17) is 4.98 Å². The summed E-state index contributed by atoms with van der Waals surface area (Å²) in [6.07, 6.45) is 1.59. The van der Waals surface area contributed by atoms with E-state index >= 15 is 0 Å². The molecule has 0 fully saturated rings. The number of hydrogen-bond donors (Lipinski definition) is 0. The van der Waals surface area contributed by atoms with Gasteiger partial charge in [-0.15, -0.1) is 9.24 Å². The van der Waals surface area contributed by atoms with Crippen LogP contribution in [0.4, 0.5) is 0 Å². The van der Waals surface area contributed by atoms with Gasteiger partial charge in [-0.2, -0.15) is 5.10 Å². The number of benzene rings is 3. The van der Waals surface area contributed by atoms with Crippen LogP contribution in [0.2, 0.25) is 0 Å². The molecule has 5 nitrogen and oxygen atoms in total. The van der Waals surface area contributed by atoms with Crippen molar-refractivity contribution < 1.29 is 0 Å². The lowest BCUT2D eigenvalue weighted by molar-refractivity contribution is 0.888. The number of aromatic nitrogens is 4. The molecule has 0 spiro atoms. The molecular formula is C25H22BrN4OP. The minimum Gasteiger partial charge on any atom is -0.268 e. The van der Waals surface area contributed by atoms with Crippen LogP contribution >= 0.6 is 25.2 Å². The van der Waals surface area contributed by atoms with Crippen molar-refractivity contribution in [3.8, 4) is 22.8 Å². The van der Waals surface area contributed by atoms with Crippen molar-refractivity contribution in [2.24, 2.45) is 0 Å². The van der Waals surface area contributed by atoms with E-state index in [1.807, 2.05) is 92.7 Å². The van der Waals surface area contributed by atoms with Crippen LogP contribution in [0.1, 0.15) is 13.8 Å². The highest BCUT2D eigenvalue weighted by Crippen LogP contribution is 2.24. The van der Waals surface area contributed by atoms with Crippen molar-refractivity contribution in [3.05, 3.63) is 99.9 Å². The number of rotatable bonds is 3. The Hall–Kier alpha value is -3.08. The molecule has 0 amide bonds. The Bertz CT molecular complexity index is 1430. The van der Waals surface area contributed by atoms with Gasteiger partial charge in [0.15, 0.2) is 5.65 Å². The Morgan fingerprint density at radius 2 is 1.59 bits per heavy atom. The lowest BCUT2D eigenvalue weighted by Crippen LogP contribution is -2.22. The molecule has 160 valence electrons. The quantitative estimate of drug-likeness (QED) is 0.303. The predicted molar refractivity (Wildman–Crippen MR) is 138 cm³/mol. The van der Waals surface area contributed by atoms with Gasteiger partial charge in [-0.25, -0.2) is 9.67 Å². The average molecular weight is 505 g/mol. The van der Waals surface area contributed by atoms with Crippen LogP contribution in [0.5, 0.6) is 0 Å². The van der Waals surface area contributed by atoms with Gasteiger partial charge in [0.1, 0.15) is 11.2 Å². The Kier molecular flexibility index (Phi) is 6.63. The van der Waals surface area contributed by atoms with Crippen LogP contribution in [0, 0.1) is 0 Å². The molecule has 32 heavy (non-hydrogen) atoms. The average Bonchev–Trinajstić information content (AvgIpc) is 3.26. The summed E-state index contributed by atoms with van der Waals surface area (Å²) in [5.41, 5.74) is 2.82. The van der Waals surface area contributed by atoms with Crippen molar-refractivity contribution in [1.82, 2.24) is 19.3 Å². The molecule has 5 rings (SSSR count). The minimum atomic E-state index is -0.159. The lowest BCUT2D eigenvalue weighted by atomic mass is 10.2. The van der Waals surface area contributed by atoms with Crippen molar-refractivity contribution in [2.45, 2.75) is 13.8 Å². The van der Waals surface area contributed by atoms with Gasteiger partial charge >= 0.3 is 0 Å². The molecular weight excluding hydrogens is 483 g/mol. The number of fused-ring (bicyclic) bond motifs is 1. The first kappa shape index (κ1) is 22.1. The molecule has 0 aliphatic heterocycles. The Morgan fingerprint density at radius 1 is 0.875 bits per heavy atom. The normalized spacial score (nSPS) is 10.6. The van der Waals surface area contributed by atoms with Gasteiger partial charge in [0.25, 0.3) is 5.56 Å². The smallest absolute Gasteiger partial charge is 0.268 e. The molecule has 1 unspecified atom stereocenters. The molecule has 2 heterocycles. The molecule has 5 aromatic rings. The van der Waals surface area contributed by atoms with Crippen LogP contribution in [0.25, 0.3) is 33.8 Å². The largest absolute Gasteiger partial charge is 0.269 e. The summed E-state index contributed by atoms with van der Waals surface area (Å²) in [4.78, 5) is 18.5. The molecule has 3 aromatic carbocycles. The molecule has 0 saturated heterocycles. The molecule has 0 aliphatic carbocycles. The molecule has 0 N–H and O–H groups in total. The third-order valence-electron chi connectivity index (χ3n) is 4.83. The molecule has 0 radical (unpaired) electrons. The van der Waals surface area contributed by atoms with Crippen LogP contribution < -0.4 is 10.9 Å². The molecule has 0 bridgehead atoms. The van der Waals surface area contributed by atoms with Gasteiger partial charge in [0.05, 0.1) is 17.6 Å². The molecule has 0 aliphatic rings. The third-order valence-corrected chi connectivity index (χ3v) is 5.72. The SMILES string of the molecule is CC.O=c1c2cnn(-c3ccccc3)c2nc(-c2cccc(P)c2)n1-c1ccc(Br)cc1. The lowest BCUT2D eigenvalue weighted by Gasteiger charge is -2.14. The highest BCUT2D eigenvalue weighted by Gasteiger charge is 2.18. The number of hydrogen-bond acceptors (Lipinski definition) is 3. The van der Waals surface area contributed by atoms with E-state index in [1.54, 1.807) is 15.4 Å². The fourth-order valence-corrected chi connectivity index (χ4v) is 3.98. The summed E-state index contributed by atoms with van der Waals surface area (Å²) >= 11 is 3.46. The van der Waals surface area contributed by atoms with E-state index in [-0.39, 0.29) is 5.56 Å². The van der Waals surface area contributed by atoms with Gasteiger partial charge in [-0.3, -0.25) is 9.36 Å². The first-order valence-electron chi connectivity index (χ1n) is 10.3. The summed E-state index contributed by atoms with van der Waals surface area (Å²) in [5.74, 6) is 0.566. The minimum absolute atomic E-state index is 0.159. The maximum Gasteiger partial charge on any atom is 0.269 e. The van der Waals surface area contributed by atoms with Gasteiger partial charge in [-0.05, 0) is 47.8 Å². The standard InChI is InChI=1S/C23H16BrN4OP.C2H6/c24-16-9-11-17(12-10-16)27-21(15-5-4-8-19(30)13-15)26-22-20(23(27)29)14-25-28(22)18-6-2-1-3-7-18;1-2/h1-14H,30H2;1-2H3. The van der Waals surface area contributed by atoms with E-state index in [0.29, 0.717) is 16.9 Å². The number of halogens is 1. The maximum absolute atomic E-state index is 13.6. The highest BCUT2D eigenvalue weighted by atomic mass is 79.9. The second-order valence-electron chi connectivity index (χ2n) is 6.81. The molecule has 1 atom stereocenters.